The smallest absolute Gasteiger partial charge is 0.344 e. The summed E-state index contributed by atoms with van der Waals surface area (Å²) in [6.07, 6.45) is 0.729. The Hall–Kier alpha value is -2.77. The third-order valence-electron chi connectivity index (χ3n) is 3.51. The highest BCUT2D eigenvalue weighted by Gasteiger charge is 2.24. The Labute approximate surface area is 164 Å². The average Bonchev–Trinajstić information content (AvgIpc) is 2.94. The molecule has 6 nitrogen and oxygen atoms in total. The van der Waals surface area contributed by atoms with Crippen LogP contribution in [-0.2, 0) is 9.59 Å². The van der Waals surface area contributed by atoms with Gasteiger partial charge in [0.1, 0.15) is 5.75 Å². The number of carbonyl (C=O) groups is 2. The maximum atomic E-state index is 12.2. The van der Waals surface area contributed by atoms with Gasteiger partial charge in [-0.2, -0.15) is 0 Å². The van der Waals surface area contributed by atoms with Crippen molar-refractivity contribution in [1.29, 1.82) is 0 Å². The minimum Gasteiger partial charge on any atom is -0.479 e. The fourth-order valence-electron chi connectivity index (χ4n) is 2.23. The molecule has 0 aromatic heterocycles. The van der Waals surface area contributed by atoms with Gasteiger partial charge in [0.05, 0.1) is 10.6 Å². The Balaban J connectivity index is 1.77. The standard InChI is InChI=1S/C19H15ClN2O4S/c1-11(18(24)25)26-15-7-2-4-12(8-15)9-16-17(23)22-19(27-16)21-14-6-3-5-13(20)10-14/h2-11H,1H3,(H,24,25)(H,21,22,23)/b16-9+. The molecule has 0 saturated carbocycles. The van der Waals surface area contributed by atoms with E-state index >= 15 is 0 Å². The Morgan fingerprint density at radius 2 is 2.07 bits per heavy atom. The molecule has 1 heterocycles. The van der Waals surface area contributed by atoms with E-state index < -0.39 is 12.1 Å². The number of ether oxygens (including phenoxy) is 1. The van der Waals surface area contributed by atoms with Crippen LogP contribution in [0.3, 0.4) is 0 Å². The third kappa shape index (κ3) is 5.12. The molecule has 1 saturated heterocycles. The predicted octanol–water partition coefficient (Wildman–Crippen LogP) is 4.08. The van der Waals surface area contributed by atoms with Crippen molar-refractivity contribution < 1.29 is 19.4 Å². The van der Waals surface area contributed by atoms with Gasteiger partial charge in [0.2, 0.25) is 0 Å². The molecule has 1 aliphatic heterocycles. The summed E-state index contributed by atoms with van der Waals surface area (Å²) >= 11 is 7.15. The van der Waals surface area contributed by atoms with Crippen LogP contribution in [0.5, 0.6) is 5.75 Å². The van der Waals surface area contributed by atoms with Crippen molar-refractivity contribution >= 4 is 52.2 Å². The van der Waals surface area contributed by atoms with Gasteiger partial charge in [-0.3, -0.25) is 4.79 Å². The van der Waals surface area contributed by atoms with Crippen molar-refractivity contribution in [2.24, 2.45) is 4.99 Å². The van der Waals surface area contributed by atoms with E-state index in [-0.39, 0.29) is 5.91 Å². The summed E-state index contributed by atoms with van der Waals surface area (Å²) < 4.78 is 5.35. The zero-order valence-corrected chi connectivity index (χ0v) is 15.8. The number of carboxylic acid groups (broad SMARTS) is 1. The molecule has 0 aliphatic carbocycles. The van der Waals surface area contributed by atoms with Crippen molar-refractivity contribution in [3.05, 3.63) is 64.0 Å². The Morgan fingerprint density at radius 3 is 2.81 bits per heavy atom. The maximum absolute atomic E-state index is 12.2. The lowest BCUT2D eigenvalue weighted by Gasteiger charge is -2.10. The summed E-state index contributed by atoms with van der Waals surface area (Å²) in [5.41, 5.74) is 1.36. The number of thioether (sulfide) groups is 1. The highest BCUT2D eigenvalue weighted by Crippen LogP contribution is 2.29. The minimum absolute atomic E-state index is 0.258. The first-order valence-corrected chi connectivity index (χ1v) is 9.15. The summed E-state index contributed by atoms with van der Waals surface area (Å²) in [4.78, 5) is 27.9. The van der Waals surface area contributed by atoms with Crippen LogP contribution in [-0.4, -0.2) is 28.3 Å². The summed E-state index contributed by atoms with van der Waals surface area (Å²) in [5, 5.41) is 12.7. The monoisotopic (exact) mass is 402 g/mol. The van der Waals surface area contributed by atoms with Crippen LogP contribution in [0.25, 0.3) is 6.08 Å². The molecule has 1 atom stereocenters. The fourth-order valence-corrected chi connectivity index (χ4v) is 3.25. The Kier molecular flexibility index (Phi) is 5.83. The van der Waals surface area contributed by atoms with Crippen LogP contribution in [0.1, 0.15) is 12.5 Å². The number of amides is 1. The lowest BCUT2D eigenvalue weighted by atomic mass is 10.2. The average molecular weight is 403 g/mol. The SMILES string of the molecule is CC(Oc1cccc(/C=C2/SC(=Nc3cccc(Cl)c3)NC2=O)c1)C(=O)O. The third-order valence-corrected chi connectivity index (χ3v) is 4.65. The number of halogens is 1. The second-order valence-corrected chi connectivity index (χ2v) is 7.10. The van der Waals surface area contributed by atoms with Crippen LogP contribution in [0.4, 0.5) is 5.69 Å². The van der Waals surface area contributed by atoms with Gasteiger partial charge in [0.25, 0.3) is 5.91 Å². The van der Waals surface area contributed by atoms with Crippen molar-refractivity contribution in [1.82, 2.24) is 5.32 Å². The van der Waals surface area contributed by atoms with E-state index in [1.807, 2.05) is 0 Å². The molecule has 1 fully saturated rings. The predicted molar refractivity (Wildman–Crippen MR) is 106 cm³/mol. The summed E-state index contributed by atoms with van der Waals surface area (Å²) in [7, 11) is 0. The number of hydrogen-bond donors (Lipinski definition) is 2. The lowest BCUT2D eigenvalue weighted by Crippen LogP contribution is -2.22. The highest BCUT2D eigenvalue weighted by molar-refractivity contribution is 8.18. The first-order chi connectivity index (χ1) is 12.9. The van der Waals surface area contributed by atoms with E-state index in [0.29, 0.717) is 32.1 Å². The quantitative estimate of drug-likeness (QED) is 0.735. The van der Waals surface area contributed by atoms with Crippen molar-refractivity contribution in [3.63, 3.8) is 0 Å². The highest BCUT2D eigenvalue weighted by atomic mass is 35.5. The summed E-state index contributed by atoms with van der Waals surface area (Å²) in [6.45, 7) is 1.45. The Bertz CT molecular complexity index is 958. The van der Waals surface area contributed by atoms with E-state index in [0.717, 1.165) is 0 Å². The van der Waals surface area contributed by atoms with Crippen LogP contribution in [0.15, 0.2) is 58.4 Å². The molecule has 8 heteroatoms. The van der Waals surface area contributed by atoms with Gasteiger partial charge in [-0.05, 0) is 60.7 Å². The Morgan fingerprint density at radius 1 is 1.30 bits per heavy atom. The van der Waals surface area contributed by atoms with E-state index in [1.54, 1.807) is 54.6 Å². The van der Waals surface area contributed by atoms with Gasteiger partial charge in [0, 0.05) is 5.02 Å². The maximum Gasteiger partial charge on any atom is 0.344 e. The van der Waals surface area contributed by atoms with Gasteiger partial charge >= 0.3 is 5.97 Å². The lowest BCUT2D eigenvalue weighted by molar-refractivity contribution is -0.144. The van der Waals surface area contributed by atoms with Crippen molar-refractivity contribution in [2.45, 2.75) is 13.0 Å². The second kappa shape index (κ2) is 8.28. The largest absolute Gasteiger partial charge is 0.479 e. The molecule has 1 aliphatic rings. The van der Waals surface area contributed by atoms with E-state index in [9.17, 15) is 9.59 Å². The van der Waals surface area contributed by atoms with Gasteiger partial charge in [-0.15, -0.1) is 0 Å². The van der Waals surface area contributed by atoms with E-state index in [4.69, 9.17) is 21.4 Å². The molecule has 0 bridgehead atoms. The number of nitrogens with zero attached hydrogens (tertiary/aromatic N) is 1. The van der Waals surface area contributed by atoms with Crippen molar-refractivity contribution in [2.75, 3.05) is 0 Å². The number of nitrogens with one attached hydrogen (secondary N) is 1. The van der Waals surface area contributed by atoms with E-state index in [1.165, 1.54) is 18.7 Å². The first kappa shape index (κ1) is 19.0. The van der Waals surface area contributed by atoms with Gasteiger partial charge < -0.3 is 15.2 Å². The number of amidine groups is 1. The number of hydrogen-bond acceptors (Lipinski definition) is 5. The summed E-state index contributed by atoms with van der Waals surface area (Å²) in [5.74, 6) is -0.896. The molecule has 2 aromatic rings. The van der Waals surface area contributed by atoms with Crippen LogP contribution in [0, 0.1) is 0 Å². The van der Waals surface area contributed by atoms with E-state index in [2.05, 4.69) is 10.3 Å². The van der Waals surface area contributed by atoms with Gasteiger partial charge in [0.15, 0.2) is 11.3 Å². The molecule has 27 heavy (non-hydrogen) atoms. The number of carbonyl (C=O) groups excluding carboxylic acids is 1. The zero-order chi connectivity index (χ0) is 19.4. The molecule has 0 radical (unpaired) electrons. The molecule has 2 N–H and O–H groups in total. The first-order valence-electron chi connectivity index (χ1n) is 7.95. The number of carboxylic acids is 1. The molecule has 2 aromatic carbocycles. The van der Waals surface area contributed by atoms with Crippen LogP contribution < -0.4 is 10.1 Å². The molecule has 3 rings (SSSR count). The number of benzene rings is 2. The fraction of sp³-hybridized carbons (Fsp3) is 0.105. The second-order valence-electron chi connectivity index (χ2n) is 5.63. The molecule has 0 spiro atoms. The zero-order valence-electron chi connectivity index (χ0n) is 14.2. The molecular weight excluding hydrogens is 388 g/mol. The summed E-state index contributed by atoms with van der Waals surface area (Å²) in [6, 6.07) is 13.9. The minimum atomic E-state index is -1.05. The van der Waals surface area contributed by atoms with Crippen LogP contribution >= 0.6 is 23.4 Å². The normalized spacial score (nSPS) is 17.8. The topological polar surface area (TPSA) is 88.0 Å². The molecule has 1 amide bonds. The molecular formula is C19H15ClN2O4S. The number of rotatable bonds is 5. The molecule has 138 valence electrons. The number of aliphatic imine (C=N–C) groups is 1. The number of aliphatic carboxylic acids is 1. The van der Waals surface area contributed by atoms with Gasteiger partial charge in [-0.25, -0.2) is 9.79 Å². The van der Waals surface area contributed by atoms with Gasteiger partial charge in [-0.1, -0.05) is 29.8 Å². The van der Waals surface area contributed by atoms with Crippen LogP contribution in [0.2, 0.25) is 5.02 Å². The van der Waals surface area contributed by atoms with Crippen molar-refractivity contribution in [3.8, 4) is 5.75 Å². The molecule has 1 unspecified atom stereocenters.